The van der Waals surface area contributed by atoms with Crippen molar-refractivity contribution in [2.45, 2.75) is 33.1 Å². The fourth-order valence-corrected chi connectivity index (χ4v) is 3.58. The minimum Gasteiger partial charge on any atom is -0.466 e. The highest BCUT2D eigenvalue weighted by molar-refractivity contribution is 5.81. The van der Waals surface area contributed by atoms with Crippen LogP contribution in [0.4, 0.5) is 0 Å². The van der Waals surface area contributed by atoms with Crippen LogP contribution < -0.4 is 5.32 Å². The van der Waals surface area contributed by atoms with Crippen LogP contribution in [-0.4, -0.2) is 59.5 Å². The fourth-order valence-electron chi connectivity index (χ4n) is 3.58. The maximum Gasteiger partial charge on any atom is 0.310 e. The number of aryl methyl sites for hydroxylation is 1. The van der Waals surface area contributed by atoms with Gasteiger partial charge in [0.1, 0.15) is 5.65 Å². The zero-order chi connectivity index (χ0) is 19.2. The highest BCUT2D eigenvalue weighted by Gasteiger charge is 2.28. The van der Waals surface area contributed by atoms with Gasteiger partial charge in [0.05, 0.1) is 18.2 Å². The van der Waals surface area contributed by atoms with Crippen LogP contribution in [0, 0.1) is 12.8 Å². The number of esters is 1. The molecule has 0 aliphatic carbocycles. The van der Waals surface area contributed by atoms with Crippen molar-refractivity contribution in [1.29, 1.82) is 0 Å². The first-order valence-corrected chi connectivity index (χ1v) is 9.67. The van der Waals surface area contributed by atoms with E-state index in [0.717, 1.165) is 49.7 Å². The van der Waals surface area contributed by atoms with Crippen molar-refractivity contribution in [1.82, 2.24) is 19.6 Å². The number of rotatable bonds is 5. The van der Waals surface area contributed by atoms with Crippen molar-refractivity contribution in [3.8, 4) is 0 Å². The Hall–Kier alpha value is -2.57. The molecule has 0 saturated carbocycles. The molecule has 0 radical (unpaired) electrons. The van der Waals surface area contributed by atoms with Gasteiger partial charge in [-0.25, -0.2) is 4.98 Å². The smallest absolute Gasteiger partial charge is 0.310 e. The van der Waals surface area contributed by atoms with Crippen LogP contribution in [0.15, 0.2) is 29.5 Å². The van der Waals surface area contributed by atoms with Gasteiger partial charge in [-0.1, -0.05) is 6.07 Å². The Balaban J connectivity index is 1.55. The Kier molecular flexibility index (Phi) is 6.32. The summed E-state index contributed by atoms with van der Waals surface area (Å²) in [5.41, 5.74) is 3.23. The molecule has 2 aromatic heterocycles. The number of fused-ring (bicyclic) bond motifs is 1. The predicted molar refractivity (Wildman–Crippen MR) is 106 cm³/mol. The molecule has 27 heavy (non-hydrogen) atoms. The van der Waals surface area contributed by atoms with Crippen LogP contribution in [0.1, 0.15) is 31.0 Å². The van der Waals surface area contributed by atoms with Crippen molar-refractivity contribution < 1.29 is 9.53 Å². The Morgan fingerprint density at radius 1 is 1.48 bits per heavy atom. The van der Waals surface area contributed by atoms with Crippen molar-refractivity contribution in [3.63, 3.8) is 0 Å². The molecular weight excluding hydrogens is 342 g/mol. The average Bonchev–Trinajstić information content (AvgIpc) is 3.10. The van der Waals surface area contributed by atoms with Gasteiger partial charge in [-0.05, 0) is 38.3 Å². The molecule has 1 aliphatic heterocycles. The van der Waals surface area contributed by atoms with Gasteiger partial charge in [0.25, 0.3) is 0 Å². The SMILES string of the molecule is CCOC(=O)C1CCCN(C(=NC)NCCc2cn3cccc(C)c3n2)C1. The molecule has 3 heterocycles. The largest absolute Gasteiger partial charge is 0.466 e. The van der Waals surface area contributed by atoms with Crippen LogP contribution in [0.3, 0.4) is 0 Å². The molecule has 146 valence electrons. The first-order valence-electron chi connectivity index (χ1n) is 9.67. The molecule has 1 N–H and O–H groups in total. The van der Waals surface area contributed by atoms with Crippen LogP contribution >= 0.6 is 0 Å². The van der Waals surface area contributed by atoms with Gasteiger partial charge in [0.15, 0.2) is 5.96 Å². The van der Waals surface area contributed by atoms with Gasteiger partial charge < -0.3 is 19.4 Å². The Morgan fingerprint density at radius 2 is 2.33 bits per heavy atom. The molecule has 2 aromatic rings. The van der Waals surface area contributed by atoms with Gasteiger partial charge >= 0.3 is 5.97 Å². The molecule has 0 bridgehead atoms. The van der Waals surface area contributed by atoms with Crippen LogP contribution in [0.5, 0.6) is 0 Å². The second kappa shape index (κ2) is 8.88. The standard InChI is InChI=1S/C20H29N5O2/c1-4-27-19(26)16-8-6-12-25(13-16)20(21-3)22-10-9-17-14-24-11-5-7-15(2)18(24)23-17/h5,7,11,14,16H,4,6,8-10,12-13H2,1-3H3,(H,21,22). The number of carbonyl (C=O) groups excluding carboxylic acids is 1. The lowest BCUT2D eigenvalue weighted by Gasteiger charge is -2.33. The quantitative estimate of drug-likeness (QED) is 0.495. The topological polar surface area (TPSA) is 71.2 Å². The second-order valence-electron chi connectivity index (χ2n) is 6.92. The molecule has 7 heteroatoms. The number of imidazole rings is 1. The number of guanidine groups is 1. The van der Waals surface area contributed by atoms with E-state index in [1.807, 2.05) is 19.2 Å². The third-order valence-corrected chi connectivity index (χ3v) is 4.94. The number of aromatic nitrogens is 2. The predicted octanol–water partition coefficient (Wildman–Crippen LogP) is 2.04. The van der Waals surface area contributed by atoms with E-state index in [1.165, 1.54) is 5.56 Å². The number of likely N-dealkylation sites (tertiary alicyclic amines) is 1. The normalized spacial score (nSPS) is 18.0. The van der Waals surface area contributed by atoms with E-state index in [0.29, 0.717) is 13.2 Å². The highest BCUT2D eigenvalue weighted by Crippen LogP contribution is 2.18. The lowest BCUT2D eigenvalue weighted by Crippen LogP contribution is -2.48. The van der Waals surface area contributed by atoms with E-state index in [1.54, 1.807) is 7.05 Å². The molecule has 1 atom stereocenters. The Labute approximate surface area is 160 Å². The van der Waals surface area contributed by atoms with Gasteiger partial charge in [0, 0.05) is 45.5 Å². The van der Waals surface area contributed by atoms with E-state index < -0.39 is 0 Å². The number of hydrogen-bond acceptors (Lipinski definition) is 4. The maximum absolute atomic E-state index is 12.0. The Bertz CT molecular complexity index is 814. The van der Waals surface area contributed by atoms with Crippen LogP contribution in [-0.2, 0) is 16.0 Å². The van der Waals surface area contributed by atoms with Crippen molar-refractivity contribution >= 4 is 17.6 Å². The van der Waals surface area contributed by atoms with E-state index in [-0.39, 0.29) is 11.9 Å². The molecule has 7 nitrogen and oxygen atoms in total. The first kappa shape index (κ1) is 19.2. The summed E-state index contributed by atoms with van der Waals surface area (Å²) < 4.78 is 7.25. The summed E-state index contributed by atoms with van der Waals surface area (Å²) >= 11 is 0. The van der Waals surface area contributed by atoms with E-state index in [4.69, 9.17) is 9.72 Å². The van der Waals surface area contributed by atoms with E-state index in [2.05, 4.69) is 38.8 Å². The van der Waals surface area contributed by atoms with Crippen LogP contribution in [0.25, 0.3) is 5.65 Å². The van der Waals surface area contributed by atoms with Crippen molar-refractivity contribution in [2.24, 2.45) is 10.9 Å². The van der Waals surface area contributed by atoms with Gasteiger partial charge in [-0.3, -0.25) is 9.79 Å². The zero-order valence-corrected chi connectivity index (χ0v) is 16.4. The number of ether oxygens (including phenoxy) is 1. The Morgan fingerprint density at radius 3 is 3.07 bits per heavy atom. The summed E-state index contributed by atoms with van der Waals surface area (Å²) in [7, 11) is 1.78. The number of nitrogens with zero attached hydrogens (tertiary/aromatic N) is 4. The third kappa shape index (κ3) is 4.59. The summed E-state index contributed by atoms with van der Waals surface area (Å²) in [5.74, 6) is 0.667. The molecule has 0 amide bonds. The molecule has 1 saturated heterocycles. The number of nitrogens with one attached hydrogen (secondary N) is 1. The van der Waals surface area contributed by atoms with Crippen molar-refractivity contribution in [2.75, 3.05) is 33.3 Å². The minimum atomic E-state index is -0.0993. The number of carbonyl (C=O) groups is 1. The number of hydrogen-bond donors (Lipinski definition) is 1. The molecule has 0 spiro atoms. The van der Waals surface area contributed by atoms with Gasteiger partial charge in [-0.2, -0.15) is 0 Å². The van der Waals surface area contributed by atoms with Crippen LogP contribution in [0.2, 0.25) is 0 Å². The number of pyridine rings is 1. The monoisotopic (exact) mass is 371 g/mol. The number of piperidine rings is 1. The zero-order valence-electron chi connectivity index (χ0n) is 16.4. The summed E-state index contributed by atoms with van der Waals surface area (Å²) in [6.45, 7) is 6.66. The van der Waals surface area contributed by atoms with Gasteiger partial charge in [-0.15, -0.1) is 0 Å². The maximum atomic E-state index is 12.0. The summed E-state index contributed by atoms with van der Waals surface area (Å²) in [6, 6.07) is 4.10. The number of aliphatic imine (C=N–C) groups is 1. The summed E-state index contributed by atoms with van der Waals surface area (Å²) in [6.07, 6.45) is 6.76. The fraction of sp³-hybridized carbons (Fsp3) is 0.550. The second-order valence-corrected chi connectivity index (χ2v) is 6.92. The van der Waals surface area contributed by atoms with E-state index in [9.17, 15) is 4.79 Å². The summed E-state index contributed by atoms with van der Waals surface area (Å²) in [5, 5.41) is 3.41. The van der Waals surface area contributed by atoms with Crippen molar-refractivity contribution in [3.05, 3.63) is 35.8 Å². The molecular formula is C20H29N5O2. The van der Waals surface area contributed by atoms with Gasteiger partial charge in [0.2, 0.25) is 0 Å². The minimum absolute atomic E-state index is 0.0707. The molecule has 1 fully saturated rings. The molecule has 0 aromatic carbocycles. The molecule has 3 rings (SSSR count). The lowest BCUT2D eigenvalue weighted by atomic mass is 9.98. The molecule has 1 unspecified atom stereocenters. The highest BCUT2D eigenvalue weighted by atomic mass is 16.5. The molecule has 1 aliphatic rings. The van der Waals surface area contributed by atoms with E-state index >= 15 is 0 Å². The third-order valence-electron chi connectivity index (χ3n) is 4.94. The summed E-state index contributed by atoms with van der Waals surface area (Å²) in [4.78, 5) is 23.3. The first-order chi connectivity index (χ1) is 13.1. The lowest BCUT2D eigenvalue weighted by molar-refractivity contribution is -0.149. The average molecular weight is 371 g/mol.